The van der Waals surface area contributed by atoms with Crippen molar-refractivity contribution in [2.24, 2.45) is 0 Å². The Morgan fingerprint density at radius 3 is 2.94 bits per heavy atom. The van der Waals surface area contributed by atoms with Gasteiger partial charge >= 0.3 is 0 Å². The van der Waals surface area contributed by atoms with Gasteiger partial charge in [0.25, 0.3) is 0 Å². The first-order valence-electron chi connectivity index (χ1n) is 5.18. The lowest BCUT2D eigenvalue weighted by atomic mass is 10.1. The van der Waals surface area contributed by atoms with Crippen molar-refractivity contribution in [3.8, 4) is 0 Å². The molecular formula is C12H13ClN2S. The van der Waals surface area contributed by atoms with Gasteiger partial charge in [0.1, 0.15) is 0 Å². The van der Waals surface area contributed by atoms with Gasteiger partial charge in [-0.15, -0.1) is 11.3 Å². The van der Waals surface area contributed by atoms with E-state index in [1.54, 1.807) is 11.3 Å². The Hall–Kier alpha value is -0.900. The molecule has 0 aliphatic rings. The Balaban J connectivity index is 1.74. The fraction of sp³-hybridized carbons (Fsp3) is 0.250. The van der Waals surface area contributed by atoms with E-state index in [1.165, 1.54) is 10.4 Å². The molecule has 0 unspecified atom stereocenters. The minimum Gasteiger partial charge on any atom is -0.311 e. The first kappa shape index (κ1) is 11.6. The van der Waals surface area contributed by atoms with Gasteiger partial charge in [-0.2, -0.15) is 0 Å². The highest BCUT2D eigenvalue weighted by Crippen LogP contribution is 2.14. The van der Waals surface area contributed by atoms with Crippen LogP contribution < -0.4 is 5.32 Å². The van der Waals surface area contributed by atoms with E-state index in [0.29, 0.717) is 0 Å². The fourth-order valence-corrected chi connectivity index (χ4v) is 2.26. The molecule has 1 aromatic carbocycles. The second kappa shape index (κ2) is 5.99. The first-order chi connectivity index (χ1) is 7.86. The van der Waals surface area contributed by atoms with E-state index in [0.717, 1.165) is 24.5 Å². The largest absolute Gasteiger partial charge is 0.311 e. The number of aromatic nitrogens is 1. The van der Waals surface area contributed by atoms with E-state index in [4.69, 9.17) is 11.6 Å². The van der Waals surface area contributed by atoms with Crippen LogP contribution in [-0.2, 0) is 13.0 Å². The Morgan fingerprint density at radius 2 is 2.19 bits per heavy atom. The monoisotopic (exact) mass is 252 g/mol. The number of nitrogens with one attached hydrogen (secondary N) is 1. The molecule has 0 aliphatic carbocycles. The molecule has 2 rings (SSSR count). The molecule has 2 nitrogen and oxygen atoms in total. The average molecular weight is 253 g/mol. The zero-order chi connectivity index (χ0) is 11.2. The Morgan fingerprint density at radius 1 is 1.31 bits per heavy atom. The van der Waals surface area contributed by atoms with Crippen LogP contribution in [0.1, 0.15) is 10.4 Å². The standard InChI is InChI=1S/C12H13ClN2S/c13-12-4-2-1-3-10(12)5-6-14-7-11-8-15-9-16-11/h1-4,8-9,14H,5-7H2. The second-order valence-electron chi connectivity index (χ2n) is 3.49. The molecule has 0 fully saturated rings. The number of benzene rings is 1. The summed E-state index contributed by atoms with van der Waals surface area (Å²) < 4.78 is 0. The van der Waals surface area contributed by atoms with Gasteiger partial charge in [0.15, 0.2) is 0 Å². The highest BCUT2D eigenvalue weighted by molar-refractivity contribution is 7.09. The minimum atomic E-state index is 0.849. The van der Waals surface area contributed by atoms with Crippen LogP contribution in [0, 0.1) is 0 Å². The lowest BCUT2D eigenvalue weighted by molar-refractivity contribution is 0.693. The highest BCUT2D eigenvalue weighted by atomic mass is 35.5. The molecule has 0 aliphatic heterocycles. The molecule has 0 bridgehead atoms. The van der Waals surface area contributed by atoms with Crippen molar-refractivity contribution in [1.82, 2.24) is 10.3 Å². The van der Waals surface area contributed by atoms with Crippen molar-refractivity contribution < 1.29 is 0 Å². The molecule has 0 saturated carbocycles. The lowest BCUT2D eigenvalue weighted by Crippen LogP contribution is -2.16. The molecule has 0 atom stereocenters. The van der Waals surface area contributed by atoms with E-state index in [2.05, 4.69) is 16.4 Å². The van der Waals surface area contributed by atoms with Gasteiger partial charge in [-0.1, -0.05) is 29.8 Å². The predicted molar refractivity (Wildman–Crippen MR) is 69.0 cm³/mol. The molecule has 4 heteroatoms. The van der Waals surface area contributed by atoms with Gasteiger partial charge in [-0.3, -0.25) is 4.98 Å². The molecule has 0 amide bonds. The van der Waals surface area contributed by atoms with Crippen molar-refractivity contribution in [2.45, 2.75) is 13.0 Å². The maximum atomic E-state index is 6.07. The maximum absolute atomic E-state index is 6.07. The maximum Gasteiger partial charge on any atom is 0.0794 e. The molecule has 1 aromatic heterocycles. The molecule has 1 heterocycles. The fourth-order valence-electron chi connectivity index (χ4n) is 1.47. The predicted octanol–water partition coefficient (Wildman–Crippen LogP) is 3.13. The third-order valence-corrected chi connectivity index (χ3v) is 3.46. The van der Waals surface area contributed by atoms with Crippen LogP contribution in [0.4, 0.5) is 0 Å². The van der Waals surface area contributed by atoms with Crippen molar-refractivity contribution in [3.63, 3.8) is 0 Å². The van der Waals surface area contributed by atoms with E-state index in [1.807, 2.05) is 29.9 Å². The number of halogens is 1. The summed E-state index contributed by atoms with van der Waals surface area (Å²) in [5.41, 5.74) is 3.05. The van der Waals surface area contributed by atoms with E-state index in [9.17, 15) is 0 Å². The van der Waals surface area contributed by atoms with Crippen molar-refractivity contribution in [1.29, 1.82) is 0 Å². The molecular weight excluding hydrogens is 240 g/mol. The molecule has 84 valence electrons. The van der Waals surface area contributed by atoms with Gasteiger partial charge in [-0.05, 0) is 24.6 Å². The Bertz CT molecular complexity index is 428. The Labute approximate surface area is 104 Å². The third kappa shape index (κ3) is 3.30. The summed E-state index contributed by atoms with van der Waals surface area (Å²) in [5, 5.41) is 4.22. The minimum absolute atomic E-state index is 0.849. The Kier molecular flexibility index (Phi) is 4.34. The molecule has 16 heavy (non-hydrogen) atoms. The zero-order valence-electron chi connectivity index (χ0n) is 8.82. The summed E-state index contributed by atoms with van der Waals surface area (Å²) in [6, 6.07) is 7.97. The third-order valence-electron chi connectivity index (χ3n) is 2.31. The SMILES string of the molecule is Clc1ccccc1CCNCc1cncs1. The van der Waals surface area contributed by atoms with Crippen LogP contribution in [0.15, 0.2) is 36.0 Å². The second-order valence-corrected chi connectivity index (χ2v) is 4.86. The van der Waals surface area contributed by atoms with Gasteiger partial charge in [0, 0.05) is 22.6 Å². The topological polar surface area (TPSA) is 24.9 Å². The van der Waals surface area contributed by atoms with Crippen molar-refractivity contribution in [2.75, 3.05) is 6.54 Å². The van der Waals surface area contributed by atoms with Crippen LogP contribution >= 0.6 is 22.9 Å². The van der Waals surface area contributed by atoms with Crippen LogP contribution in [0.25, 0.3) is 0 Å². The van der Waals surface area contributed by atoms with Crippen LogP contribution in [-0.4, -0.2) is 11.5 Å². The van der Waals surface area contributed by atoms with Crippen LogP contribution in [0.3, 0.4) is 0 Å². The summed E-state index contributed by atoms with van der Waals surface area (Å²) >= 11 is 7.74. The lowest BCUT2D eigenvalue weighted by Gasteiger charge is -2.04. The van der Waals surface area contributed by atoms with Crippen LogP contribution in [0.2, 0.25) is 5.02 Å². The first-order valence-corrected chi connectivity index (χ1v) is 6.43. The molecule has 1 N–H and O–H groups in total. The van der Waals surface area contributed by atoms with Gasteiger partial charge in [-0.25, -0.2) is 0 Å². The summed E-state index contributed by atoms with van der Waals surface area (Å²) in [6.45, 7) is 1.82. The highest BCUT2D eigenvalue weighted by Gasteiger charge is 1.98. The average Bonchev–Trinajstić information content (AvgIpc) is 2.79. The number of hydrogen-bond donors (Lipinski definition) is 1. The van der Waals surface area contributed by atoms with Gasteiger partial charge in [0.2, 0.25) is 0 Å². The molecule has 0 spiro atoms. The molecule has 2 aromatic rings. The van der Waals surface area contributed by atoms with Gasteiger partial charge in [0.05, 0.1) is 5.51 Å². The smallest absolute Gasteiger partial charge is 0.0794 e. The van der Waals surface area contributed by atoms with Gasteiger partial charge < -0.3 is 5.32 Å². The summed E-state index contributed by atoms with van der Waals surface area (Å²) in [4.78, 5) is 5.29. The van der Waals surface area contributed by atoms with E-state index in [-0.39, 0.29) is 0 Å². The van der Waals surface area contributed by atoms with Crippen molar-refractivity contribution in [3.05, 3.63) is 51.4 Å². The number of thiazole rings is 1. The van der Waals surface area contributed by atoms with E-state index < -0.39 is 0 Å². The number of hydrogen-bond acceptors (Lipinski definition) is 3. The normalized spacial score (nSPS) is 10.6. The summed E-state index contributed by atoms with van der Waals surface area (Å²) in [7, 11) is 0. The quantitative estimate of drug-likeness (QED) is 0.827. The zero-order valence-corrected chi connectivity index (χ0v) is 10.4. The molecule has 0 radical (unpaired) electrons. The number of nitrogens with zero attached hydrogens (tertiary/aromatic N) is 1. The van der Waals surface area contributed by atoms with Crippen molar-refractivity contribution >= 4 is 22.9 Å². The molecule has 0 saturated heterocycles. The van der Waals surface area contributed by atoms with E-state index >= 15 is 0 Å². The summed E-state index contributed by atoms with van der Waals surface area (Å²) in [6.07, 6.45) is 2.85. The van der Waals surface area contributed by atoms with Crippen LogP contribution in [0.5, 0.6) is 0 Å². The summed E-state index contributed by atoms with van der Waals surface area (Å²) in [5.74, 6) is 0. The number of rotatable bonds is 5.